The van der Waals surface area contributed by atoms with Crippen LogP contribution in [-0.2, 0) is 4.74 Å². The summed E-state index contributed by atoms with van der Waals surface area (Å²) in [4.78, 5) is 16.6. The molecule has 186 valence electrons. The van der Waals surface area contributed by atoms with Gasteiger partial charge >= 0.3 is 5.97 Å². The number of carbonyl (C=O) groups is 1. The fourth-order valence-electron chi connectivity index (χ4n) is 4.76. The van der Waals surface area contributed by atoms with Crippen molar-refractivity contribution in [1.82, 2.24) is 4.98 Å². The third kappa shape index (κ3) is 6.19. The fraction of sp³-hybridized carbons (Fsp3) is 0.429. The van der Waals surface area contributed by atoms with Crippen molar-refractivity contribution < 1.29 is 14.3 Å². The molecule has 4 rings (SSSR count). The van der Waals surface area contributed by atoms with E-state index in [4.69, 9.17) is 14.5 Å². The maximum atomic E-state index is 11.8. The van der Waals surface area contributed by atoms with Crippen molar-refractivity contribution in [2.45, 2.75) is 57.4 Å². The van der Waals surface area contributed by atoms with Crippen molar-refractivity contribution in [2.75, 3.05) is 18.9 Å². The number of rotatable bonds is 7. The van der Waals surface area contributed by atoms with Crippen LogP contribution >= 0.6 is 23.3 Å². The molecule has 1 aromatic heterocycles. The maximum Gasteiger partial charge on any atom is 0.337 e. The molecule has 1 saturated carbocycles. The van der Waals surface area contributed by atoms with E-state index in [2.05, 4.69) is 49.8 Å². The Bertz CT molecular complexity index is 1140. The number of anilines is 1. The highest BCUT2D eigenvalue weighted by molar-refractivity contribution is 8.00. The number of benzene rings is 2. The second-order valence-corrected chi connectivity index (χ2v) is 11.8. The summed E-state index contributed by atoms with van der Waals surface area (Å²) in [6.45, 7) is 7.13. The molecule has 0 radical (unpaired) electrons. The van der Waals surface area contributed by atoms with Crippen molar-refractivity contribution in [1.29, 1.82) is 0 Å². The van der Waals surface area contributed by atoms with Crippen molar-refractivity contribution in [3.05, 3.63) is 59.0 Å². The summed E-state index contributed by atoms with van der Waals surface area (Å²) in [5.74, 6) is 1.69. The summed E-state index contributed by atoms with van der Waals surface area (Å²) in [5.41, 5.74) is 4.24. The second kappa shape index (κ2) is 11.0. The Balaban J connectivity index is 1.36. The largest absolute Gasteiger partial charge is 0.495 e. The van der Waals surface area contributed by atoms with Crippen LogP contribution in [0.3, 0.4) is 0 Å². The molecule has 35 heavy (non-hydrogen) atoms. The molecule has 0 atom stereocenters. The number of nitrogens with zero attached hydrogens (tertiary/aromatic N) is 1. The number of aromatic nitrogens is 1. The van der Waals surface area contributed by atoms with Crippen LogP contribution < -0.4 is 9.46 Å². The summed E-state index contributed by atoms with van der Waals surface area (Å²) in [6, 6.07) is 14.2. The lowest BCUT2D eigenvalue weighted by Crippen LogP contribution is -2.25. The number of carbonyl (C=O) groups excluding carboxylic acids is 1. The topological polar surface area (TPSA) is 60.5 Å². The zero-order valence-corrected chi connectivity index (χ0v) is 22.7. The first-order valence-electron chi connectivity index (χ1n) is 12.0. The van der Waals surface area contributed by atoms with E-state index in [1.165, 1.54) is 50.3 Å². The highest BCUT2D eigenvalue weighted by Gasteiger charge is 2.30. The minimum Gasteiger partial charge on any atom is -0.495 e. The summed E-state index contributed by atoms with van der Waals surface area (Å²) in [7, 11) is 2.94. The molecule has 1 fully saturated rings. The third-order valence-corrected chi connectivity index (χ3v) is 8.73. The van der Waals surface area contributed by atoms with Crippen LogP contribution in [0.25, 0.3) is 10.6 Å². The SMILES string of the molecule is COC(=O)c1ccc(NSc2csc(-c3ccc(C4CCC(C(C)(C)C)CC4)cc3)n2)c(OC)c1. The molecule has 1 aliphatic carbocycles. The first kappa shape index (κ1) is 25.6. The Kier molecular flexibility index (Phi) is 8.07. The Hall–Kier alpha value is -2.51. The second-order valence-electron chi connectivity index (χ2n) is 10.1. The van der Waals surface area contributed by atoms with E-state index in [-0.39, 0.29) is 0 Å². The fourth-order valence-corrected chi connectivity index (χ4v) is 6.36. The van der Waals surface area contributed by atoms with E-state index in [9.17, 15) is 4.79 Å². The molecule has 7 heteroatoms. The van der Waals surface area contributed by atoms with Gasteiger partial charge in [0, 0.05) is 22.9 Å². The average molecular weight is 511 g/mol. The number of hydrogen-bond acceptors (Lipinski definition) is 7. The summed E-state index contributed by atoms with van der Waals surface area (Å²) < 4.78 is 13.5. The Morgan fingerprint density at radius 2 is 1.77 bits per heavy atom. The number of esters is 1. The van der Waals surface area contributed by atoms with E-state index in [1.807, 2.05) is 5.38 Å². The van der Waals surface area contributed by atoms with E-state index >= 15 is 0 Å². The first-order chi connectivity index (χ1) is 16.8. The van der Waals surface area contributed by atoms with Gasteiger partial charge in [0.05, 0.1) is 25.5 Å². The van der Waals surface area contributed by atoms with Crippen LogP contribution in [0, 0.1) is 11.3 Å². The molecule has 5 nitrogen and oxygen atoms in total. The van der Waals surface area contributed by atoms with Crippen LogP contribution in [0.15, 0.2) is 52.9 Å². The van der Waals surface area contributed by atoms with Gasteiger partial charge in [0.15, 0.2) is 0 Å². The van der Waals surface area contributed by atoms with Crippen LogP contribution in [0.4, 0.5) is 5.69 Å². The monoisotopic (exact) mass is 510 g/mol. The quantitative estimate of drug-likeness (QED) is 0.256. The normalized spacial score (nSPS) is 18.2. The smallest absolute Gasteiger partial charge is 0.337 e. The molecular weight excluding hydrogens is 476 g/mol. The van der Waals surface area contributed by atoms with E-state index < -0.39 is 5.97 Å². The summed E-state index contributed by atoms with van der Waals surface area (Å²) in [5, 5.41) is 3.93. The molecule has 1 aliphatic rings. The summed E-state index contributed by atoms with van der Waals surface area (Å²) in [6.07, 6.45) is 5.22. The van der Waals surface area contributed by atoms with E-state index in [1.54, 1.807) is 36.6 Å². The van der Waals surface area contributed by atoms with Gasteiger partial charge in [-0.2, -0.15) is 0 Å². The van der Waals surface area contributed by atoms with Gasteiger partial charge in [0.2, 0.25) is 0 Å². The Morgan fingerprint density at radius 3 is 2.40 bits per heavy atom. The van der Waals surface area contributed by atoms with Crippen LogP contribution in [0.5, 0.6) is 5.75 Å². The third-order valence-electron chi connectivity index (χ3n) is 6.95. The number of thiazole rings is 1. The minimum atomic E-state index is -0.393. The molecule has 1 N–H and O–H groups in total. The van der Waals surface area contributed by atoms with Gasteiger partial charge in [-0.05, 0) is 66.7 Å². The predicted molar refractivity (Wildman–Crippen MR) is 146 cm³/mol. The van der Waals surface area contributed by atoms with Crippen LogP contribution in [-0.4, -0.2) is 25.2 Å². The van der Waals surface area contributed by atoms with Gasteiger partial charge in [-0.15, -0.1) is 11.3 Å². The number of methoxy groups -OCH3 is 2. The number of nitrogens with one attached hydrogen (secondary N) is 1. The highest BCUT2D eigenvalue weighted by Crippen LogP contribution is 2.43. The van der Waals surface area contributed by atoms with Crippen molar-refractivity contribution in [3.63, 3.8) is 0 Å². The molecule has 2 aromatic carbocycles. The lowest BCUT2D eigenvalue weighted by Gasteiger charge is -2.37. The van der Waals surface area contributed by atoms with E-state index in [0.29, 0.717) is 22.6 Å². The van der Waals surface area contributed by atoms with Crippen LogP contribution in [0.1, 0.15) is 68.3 Å². The maximum absolute atomic E-state index is 11.8. The molecule has 0 aliphatic heterocycles. The molecule has 0 unspecified atom stereocenters. The Labute approximate surface area is 216 Å². The molecule has 0 spiro atoms. The lowest BCUT2D eigenvalue weighted by atomic mass is 9.69. The van der Waals surface area contributed by atoms with Gasteiger partial charge in [-0.3, -0.25) is 0 Å². The van der Waals surface area contributed by atoms with Crippen molar-refractivity contribution in [2.24, 2.45) is 11.3 Å². The molecule has 0 saturated heterocycles. The molecule has 3 aromatic rings. The first-order valence-corrected chi connectivity index (χ1v) is 13.7. The zero-order valence-electron chi connectivity index (χ0n) is 21.1. The Morgan fingerprint density at radius 1 is 1.06 bits per heavy atom. The van der Waals surface area contributed by atoms with Gasteiger partial charge in [-0.25, -0.2) is 9.78 Å². The standard InChI is InChI=1S/C28H34N2O3S2/c1-28(2,3)22-13-10-19(11-14-22)18-6-8-20(9-7-18)26-29-25(17-34-26)35-30-23-15-12-21(27(31)33-5)16-24(23)32-4/h6-9,12,15-17,19,22,30H,10-11,13-14H2,1-5H3. The summed E-state index contributed by atoms with van der Waals surface area (Å²) >= 11 is 3.06. The molecule has 0 bridgehead atoms. The van der Waals surface area contributed by atoms with Gasteiger partial charge in [-0.1, -0.05) is 45.0 Å². The lowest BCUT2D eigenvalue weighted by molar-refractivity contribution is 0.0600. The molecule has 0 amide bonds. The zero-order chi connectivity index (χ0) is 25.0. The number of ether oxygens (including phenoxy) is 2. The predicted octanol–water partition coefficient (Wildman–Crippen LogP) is 8.04. The molecular formula is C28H34N2O3S2. The van der Waals surface area contributed by atoms with Crippen molar-refractivity contribution >= 4 is 34.9 Å². The average Bonchev–Trinajstić information content (AvgIpc) is 3.35. The van der Waals surface area contributed by atoms with Gasteiger partial charge in [0.1, 0.15) is 15.8 Å². The highest BCUT2D eigenvalue weighted by atomic mass is 32.2. The number of hydrogen-bond donors (Lipinski definition) is 1. The van der Waals surface area contributed by atoms with Crippen molar-refractivity contribution in [3.8, 4) is 16.3 Å². The van der Waals surface area contributed by atoms with E-state index in [0.717, 1.165) is 27.2 Å². The van der Waals surface area contributed by atoms with Crippen LogP contribution in [0.2, 0.25) is 0 Å². The van der Waals surface area contributed by atoms with Gasteiger partial charge < -0.3 is 14.2 Å². The minimum absolute atomic E-state index is 0.393. The van der Waals surface area contributed by atoms with Gasteiger partial charge in [0.25, 0.3) is 0 Å². The molecule has 1 heterocycles.